The van der Waals surface area contributed by atoms with Crippen LogP contribution in [0.25, 0.3) is 33.5 Å². The number of rotatable bonds is 7. The van der Waals surface area contributed by atoms with Crippen LogP contribution in [0.15, 0.2) is 91.9 Å². The van der Waals surface area contributed by atoms with Crippen LogP contribution in [-0.2, 0) is 4.79 Å². The topological polar surface area (TPSA) is 105 Å². The maximum atomic E-state index is 11.6. The lowest BCUT2D eigenvalue weighted by Gasteiger charge is -2.08. The van der Waals surface area contributed by atoms with Gasteiger partial charge in [-0.25, -0.2) is 9.97 Å². The fourth-order valence-corrected chi connectivity index (χ4v) is 3.67. The van der Waals surface area contributed by atoms with Crippen LogP contribution in [0.5, 0.6) is 5.75 Å². The zero-order valence-electron chi connectivity index (χ0n) is 18.9. The van der Waals surface area contributed by atoms with Gasteiger partial charge in [-0.1, -0.05) is 18.7 Å². The molecule has 0 bridgehead atoms. The minimum Gasteiger partial charge on any atom is -0.497 e. The summed E-state index contributed by atoms with van der Waals surface area (Å²) in [5.41, 5.74) is 6.53. The maximum Gasteiger partial charge on any atom is 0.247 e. The summed E-state index contributed by atoms with van der Waals surface area (Å²) < 4.78 is 5.22. The van der Waals surface area contributed by atoms with Crippen LogP contribution >= 0.6 is 0 Å². The summed E-state index contributed by atoms with van der Waals surface area (Å²) in [6.45, 7) is 3.47. The third kappa shape index (κ3) is 4.72. The number of benzene rings is 2. The van der Waals surface area contributed by atoms with E-state index < -0.39 is 0 Å². The van der Waals surface area contributed by atoms with Crippen molar-refractivity contribution in [3.8, 4) is 28.1 Å². The largest absolute Gasteiger partial charge is 0.497 e. The Morgan fingerprint density at radius 3 is 2.54 bits per heavy atom. The summed E-state index contributed by atoms with van der Waals surface area (Å²) in [7, 11) is 1.65. The minimum atomic E-state index is -0.271. The van der Waals surface area contributed by atoms with Crippen molar-refractivity contribution in [3.05, 3.63) is 91.9 Å². The number of aromatic amines is 1. The number of hydrogen-bond acceptors (Lipinski definition) is 6. The molecule has 0 saturated heterocycles. The van der Waals surface area contributed by atoms with Crippen molar-refractivity contribution >= 4 is 34.3 Å². The predicted molar refractivity (Wildman–Crippen MR) is 138 cm³/mol. The number of nitrogens with one attached hydrogen (secondary N) is 3. The molecule has 5 rings (SSSR count). The van der Waals surface area contributed by atoms with E-state index in [1.165, 1.54) is 6.08 Å². The number of aromatic nitrogens is 4. The van der Waals surface area contributed by atoms with E-state index in [1.807, 2.05) is 67.0 Å². The van der Waals surface area contributed by atoms with Gasteiger partial charge in [0.15, 0.2) is 5.65 Å². The lowest BCUT2D eigenvalue weighted by Crippen LogP contribution is -2.07. The number of ether oxygens (including phenoxy) is 1. The van der Waals surface area contributed by atoms with Crippen molar-refractivity contribution < 1.29 is 9.53 Å². The molecule has 0 aliphatic rings. The van der Waals surface area contributed by atoms with Crippen LogP contribution in [0.3, 0.4) is 0 Å². The Morgan fingerprint density at radius 1 is 1.00 bits per heavy atom. The standard InChI is InChI=1S/C27H22N6O2/c1-3-25(34)32-20-6-4-5-19(13-20)31-24-16-30-27-26(33-24)22(15-29-27)18-9-12-23(28-14-18)17-7-10-21(35-2)11-8-17/h3-16H,1H2,2H3,(H,29,30)(H,31,33)(H,32,34). The molecule has 0 fully saturated rings. The maximum absolute atomic E-state index is 11.6. The van der Waals surface area contributed by atoms with Gasteiger partial charge < -0.3 is 20.4 Å². The number of carbonyl (C=O) groups is 1. The van der Waals surface area contributed by atoms with E-state index in [0.29, 0.717) is 17.2 Å². The van der Waals surface area contributed by atoms with Gasteiger partial charge in [0.2, 0.25) is 5.91 Å². The molecule has 172 valence electrons. The predicted octanol–water partition coefficient (Wildman–Crippen LogP) is 5.56. The highest BCUT2D eigenvalue weighted by Crippen LogP contribution is 2.29. The first kappa shape index (κ1) is 21.8. The first-order chi connectivity index (χ1) is 17.1. The molecule has 0 saturated carbocycles. The summed E-state index contributed by atoms with van der Waals surface area (Å²) in [5, 5.41) is 5.99. The number of amides is 1. The van der Waals surface area contributed by atoms with Gasteiger partial charge in [0.25, 0.3) is 0 Å². The molecule has 3 N–H and O–H groups in total. The number of anilines is 3. The molecular formula is C27H22N6O2. The molecule has 0 unspecified atom stereocenters. The molecule has 3 heterocycles. The monoisotopic (exact) mass is 462 g/mol. The third-order valence-electron chi connectivity index (χ3n) is 5.43. The lowest BCUT2D eigenvalue weighted by atomic mass is 10.1. The Morgan fingerprint density at radius 2 is 1.80 bits per heavy atom. The molecule has 5 aromatic rings. The first-order valence-electron chi connectivity index (χ1n) is 10.9. The van der Waals surface area contributed by atoms with Crippen molar-refractivity contribution in [3.63, 3.8) is 0 Å². The number of methoxy groups -OCH3 is 1. The molecule has 0 atom stereocenters. The van der Waals surface area contributed by atoms with Crippen LogP contribution in [0.4, 0.5) is 17.2 Å². The van der Waals surface area contributed by atoms with Crippen molar-refractivity contribution in [2.45, 2.75) is 0 Å². The lowest BCUT2D eigenvalue weighted by molar-refractivity contribution is -0.111. The summed E-state index contributed by atoms with van der Waals surface area (Å²) in [6.07, 6.45) is 6.59. The fraction of sp³-hybridized carbons (Fsp3) is 0.0370. The Balaban J connectivity index is 1.40. The van der Waals surface area contributed by atoms with Crippen molar-refractivity contribution in [1.29, 1.82) is 0 Å². The van der Waals surface area contributed by atoms with Crippen LogP contribution in [0.1, 0.15) is 0 Å². The molecule has 1 amide bonds. The van der Waals surface area contributed by atoms with E-state index in [0.717, 1.165) is 39.3 Å². The highest BCUT2D eigenvalue weighted by molar-refractivity contribution is 5.99. The minimum absolute atomic E-state index is 0.271. The number of hydrogen-bond donors (Lipinski definition) is 3. The molecule has 8 nitrogen and oxygen atoms in total. The second kappa shape index (κ2) is 9.48. The third-order valence-corrected chi connectivity index (χ3v) is 5.43. The summed E-state index contributed by atoms with van der Waals surface area (Å²) in [6, 6.07) is 19.1. The smallest absolute Gasteiger partial charge is 0.247 e. The van der Waals surface area contributed by atoms with Gasteiger partial charge in [-0.3, -0.25) is 9.78 Å². The summed E-state index contributed by atoms with van der Waals surface area (Å²) in [5.74, 6) is 1.11. The summed E-state index contributed by atoms with van der Waals surface area (Å²) in [4.78, 5) is 28.7. The van der Waals surface area contributed by atoms with Gasteiger partial charge in [0.1, 0.15) is 17.1 Å². The van der Waals surface area contributed by atoms with E-state index >= 15 is 0 Å². The Labute approximate surface area is 201 Å². The molecule has 0 aliphatic carbocycles. The van der Waals surface area contributed by atoms with Gasteiger partial charge in [0.05, 0.1) is 19.0 Å². The van der Waals surface area contributed by atoms with E-state index in [1.54, 1.807) is 19.4 Å². The van der Waals surface area contributed by atoms with E-state index in [2.05, 4.69) is 32.2 Å². The second-order valence-electron chi connectivity index (χ2n) is 7.71. The fourth-order valence-electron chi connectivity index (χ4n) is 3.67. The molecule has 0 spiro atoms. The van der Waals surface area contributed by atoms with Crippen molar-refractivity contribution in [1.82, 2.24) is 19.9 Å². The van der Waals surface area contributed by atoms with Crippen LogP contribution in [0.2, 0.25) is 0 Å². The van der Waals surface area contributed by atoms with Crippen molar-refractivity contribution in [2.24, 2.45) is 0 Å². The Hall–Kier alpha value is -4.98. The van der Waals surface area contributed by atoms with Gasteiger partial charge in [-0.15, -0.1) is 0 Å². The number of nitrogens with zero attached hydrogens (tertiary/aromatic N) is 3. The van der Waals surface area contributed by atoms with Gasteiger partial charge in [0, 0.05) is 40.5 Å². The number of pyridine rings is 1. The molecule has 8 heteroatoms. The van der Waals surface area contributed by atoms with Gasteiger partial charge in [-0.05, 0) is 54.6 Å². The van der Waals surface area contributed by atoms with Gasteiger partial charge >= 0.3 is 0 Å². The van der Waals surface area contributed by atoms with E-state index in [9.17, 15) is 4.79 Å². The molecular weight excluding hydrogens is 440 g/mol. The van der Waals surface area contributed by atoms with E-state index in [-0.39, 0.29) is 5.91 Å². The SMILES string of the molecule is C=CC(=O)Nc1cccc(Nc2cnc3[nH]cc(-c4ccc(-c5ccc(OC)cc5)nc4)c3n2)c1. The highest BCUT2D eigenvalue weighted by Gasteiger charge is 2.11. The van der Waals surface area contributed by atoms with Crippen LogP contribution in [-0.4, -0.2) is 33.0 Å². The second-order valence-corrected chi connectivity index (χ2v) is 7.71. The molecule has 0 aliphatic heterocycles. The first-order valence-corrected chi connectivity index (χ1v) is 10.9. The molecule has 3 aromatic heterocycles. The number of fused-ring (bicyclic) bond motifs is 1. The Kier molecular flexibility index (Phi) is 5.92. The van der Waals surface area contributed by atoms with Gasteiger partial charge in [-0.2, -0.15) is 0 Å². The van der Waals surface area contributed by atoms with Crippen molar-refractivity contribution in [2.75, 3.05) is 17.7 Å². The zero-order chi connectivity index (χ0) is 24.2. The average molecular weight is 463 g/mol. The average Bonchev–Trinajstić information content (AvgIpc) is 3.32. The summed E-state index contributed by atoms with van der Waals surface area (Å²) >= 11 is 0. The molecule has 35 heavy (non-hydrogen) atoms. The highest BCUT2D eigenvalue weighted by atomic mass is 16.5. The molecule has 2 aromatic carbocycles. The normalized spacial score (nSPS) is 10.7. The van der Waals surface area contributed by atoms with Crippen LogP contribution < -0.4 is 15.4 Å². The van der Waals surface area contributed by atoms with Crippen LogP contribution in [0, 0.1) is 0 Å². The number of H-pyrrole nitrogens is 1. The molecule has 0 radical (unpaired) electrons. The van der Waals surface area contributed by atoms with E-state index in [4.69, 9.17) is 9.72 Å². The number of carbonyl (C=O) groups excluding carboxylic acids is 1. The Bertz CT molecular complexity index is 1510. The zero-order valence-corrected chi connectivity index (χ0v) is 18.9. The quantitative estimate of drug-likeness (QED) is 0.273.